The lowest BCUT2D eigenvalue weighted by Gasteiger charge is -2.11. The van der Waals surface area contributed by atoms with Gasteiger partial charge in [-0.2, -0.15) is 0 Å². The molecule has 0 bridgehead atoms. The molecule has 0 aliphatic carbocycles. The Morgan fingerprint density at radius 2 is 2.05 bits per heavy atom. The summed E-state index contributed by atoms with van der Waals surface area (Å²) in [6.07, 6.45) is 0. The lowest BCUT2D eigenvalue weighted by atomic mass is 10.2. The van der Waals surface area contributed by atoms with Crippen LogP contribution < -0.4 is 15.8 Å². The zero-order chi connectivity index (χ0) is 14.7. The third kappa shape index (κ3) is 3.23. The largest absolute Gasteiger partial charge is 0.495 e. The normalized spacial score (nSPS) is 10.2. The van der Waals surface area contributed by atoms with Crippen LogP contribution in [0.2, 0.25) is 5.02 Å². The van der Waals surface area contributed by atoms with Crippen molar-refractivity contribution in [3.8, 4) is 5.75 Å². The number of anilines is 2. The van der Waals surface area contributed by atoms with E-state index < -0.39 is 0 Å². The van der Waals surface area contributed by atoms with E-state index in [1.165, 1.54) is 6.07 Å². The van der Waals surface area contributed by atoms with Gasteiger partial charge < -0.3 is 15.8 Å². The van der Waals surface area contributed by atoms with Crippen LogP contribution in [0.3, 0.4) is 0 Å². The minimum absolute atomic E-state index is 0.289. The van der Waals surface area contributed by atoms with E-state index in [4.69, 9.17) is 22.1 Å². The van der Waals surface area contributed by atoms with Gasteiger partial charge >= 0.3 is 0 Å². The van der Waals surface area contributed by atoms with Crippen LogP contribution in [-0.4, -0.2) is 13.0 Å². The average molecular weight is 356 g/mol. The van der Waals surface area contributed by atoms with Crippen molar-refractivity contribution in [1.29, 1.82) is 0 Å². The Kier molecular flexibility index (Phi) is 4.52. The van der Waals surface area contributed by atoms with Gasteiger partial charge in [-0.15, -0.1) is 0 Å². The molecule has 20 heavy (non-hydrogen) atoms. The maximum absolute atomic E-state index is 12.2. The predicted octanol–water partition coefficient (Wildman–Crippen LogP) is 3.95. The maximum atomic E-state index is 12.2. The minimum Gasteiger partial charge on any atom is -0.495 e. The van der Waals surface area contributed by atoms with Crippen molar-refractivity contribution in [1.82, 2.24) is 0 Å². The second-order valence-electron chi connectivity index (χ2n) is 4.04. The summed E-state index contributed by atoms with van der Waals surface area (Å²) in [4.78, 5) is 12.2. The van der Waals surface area contributed by atoms with Crippen molar-refractivity contribution in [2.24, 2.45) is 0 Å². The number of hydrogen-bond acceptors (Lipinski definition) is 3. The topological polar surface area (TPSA) is 64.3 Å². The monoisotopic (exact) mass is 354 g/mol. The average Bonchev–Trinajstić information content (AvgIpc) is 2.42. The van der Waals surface area contributed by atoms with E-state index >= 15 is 0 Å². The van der Waals surface area contributed by atoms with Crippen molar-refractivity contribution in [3.63, 3.8) is 0 Å². The highest BCUT2D eigenvalue weighted by atomic mass is 79.9. The molecule has 0 aromatic heterocycles. The SMILES string of the molecule is COc1ccc(Br)cc1NC(=O)c1ccc(N)c(Cl)c1. The van der Waals surface area contributed by atoms with E-state index in [1.807, 2.05) is 6.07 Å². The Balaban J connectivity index is 2.27. The number of ether oxygens (including phenoxy) is 1. The lowest BCUT2D eigenvalue weighted by molar-refractivity contribution is 0.102. The summed E-state index contributed by atoms with van der Waals surface area (Å²) in [6, 6.07) is 10.1. The molecule has 0 radical (unpaired) electrons. The van der Waals surface area contributed by atoms with Gasteiger partial charge in [0.15, 0.2) is 0 Å². The highest BCUT2D eigenvalue weighted by Gasteiger charge is 2.11. The summed E-state index contributed by atoms with van der Waals surface area (Å²) in [6.45, 7) is 0. The Morgan fingerprint density at radius 1 is 1.30 bits per heavy atom. The quantitative estimate of drug-likeness (QED) is 0.820. The van der Waals surface area contributed by atoms with Crippen LogP contribution in [0.5, 0.6) is 5.75 Å². The van der Waals surface area contributed by atoms with E-state index in [9.17, 15) is 4.79 Å². The first-order valence-electron chi connectivity index (χ1n) is 5.71. The standard InChI is InChI=1S/C14H12BrClN2O2/c1-20-13-5-3-9(15)7-12(13)18-14(19)8-2-4-11(17)10(16)6-8/h2-7H,17H2,1H3,(H,18,19). The van der Waals surface area contributed by atoms with Crippen LogP contribution in [0, 0.1) is 0 Å². The van der Waals surface area contributed by atoms with Gasteiger partial charge in [0, 0.05) is 10.0 Å². The van der Waals surface area contributed by atoms with Crippen LogP contribution in [0.4, 0.5) is 11.4 Å². The maximum Gasteiger partial charge on any atom is 0.255 e. The van der Waals surface area contributed by atoms with E-state index in [2.05, 4.69) is 21.2 Å². The van der Waals surface area contributed by atoms with Crippen LogP contribution >= 0.6 is 27.5 Å². The molecule has 0 aliphatic heterocycles. The molecule has 0 saturated heterocycles. The molecule has 2 aromatic rings. The molecular weight excluding hydrogens is 344 g/mol. The molecule has 0 fully saturated rings. The number of nitrogens with one attached hydrogen (secondary N) is 1. The van der Waals surface area contributed by atoms with E-state index in [0.29, 0.717) is 27.7 Å². The first-order chi connectivity index (χ1) is 9.51. The van der Waals surface area contributed by atoms with Crippen LogP contribution in [-0.2, 0) is 0 Å². The fourth-order valence-corrected chi connectivity index (χ4v) is 2.18. The smallest absolute Gasteiger partial charge is 0.255 e. The van der Waals surface area contributed by atoms with E-state index in [-0.39, 0.29) is 5.91 Å². The molecular formula is C14H12BrClN2O2. The van der Waals surface area contributed by atoms with Gasteiger partial charge in [0.25, 0.3) is 5.91 Å². The molecule has 2 rings (SSSR count). The van der Waals surface area contributed by atoms with Gasteiger partial charge in [-0.1, -0.05) is 27.5 Å². The first kappa shape index (κ1) is 14.7. The van der Waals surface area contributed by atoms with Gasteiger partial charge in [-0.3, -0.25) is 4.79 Å². The van der Waals surface area contributed by atoms with Gasteiger partial charge in [0.1, 0.15) is 5.75 Å². The second-order valence-corrected chi connectivity index (χ2v) is 5.36. The molecule has 0 saturated carbocycles. The molecule has 0 unspecified atom stereocenters. The zero-order valence-electron chi connectivity index (χ0n) is 10.6. The van der Waals surface area contributed by atoms with Crippen molar-refractivity contribution >= 4 is 44.8 Å². The number of amides is 1. The first-order valence-corrected chi connectivity index (χ1v) is 6.88. The van der Waals surface area contributed by atoms with Gasteiger partial charge in [0.05, 0.1) is 23.5 Å². The summed E-state index contributed by atoms with van der Waals surface area (Å²) >= 11 is 9.26. The van der Waals surface area contributed by atoms with Crippen LogP contribution in [0.25, 0.3) is 0 Å². The zero-order valence-corrected chi connectivity index (χ0v) is 13.0. The summed E-state index contributed by atoms with van der Waals surface area (Å²) < 4.78 is 6.04. The van der Waals surface area contributed by atoms with E-state index in [0.717, 1.165) is 4.47 Å². The summed E-state index contributed by atoms with van der Waals surface area (Å²) in [5.74, 6) is 0.284. The fraction of sp³-hybridized carbons (Fsp3) is 0.0714. The third-order valence-electron chi connectivity index (χ3n) is 2.67. The highest BCUT2D eigenvalue weighted by Crippen LogP contribution is 2.28. The molecule has 6 heteroatoms. The number of hydrogen-bond donors (Lipinski definition) is 2. The number of benzene rings is 2. The number of carbonyl (C=O) groups is 1. The number of methoxy groups -OCH3 is 1. The van der Waals surface area contributed by atoms with Crippen molar-refractivity contribution < 1.29 is 9.53 Å². The van der Waals surface area contributed by atoms with E-state index in [1.54, 1.807) is 31.4 Å². The number of halogens is 2. The summed E-state index contributed by atoms with van der Waals surface area (Å²) in [5.41, 5.74) is 7.04. The van der Waals surface area contributed by atoms with Gasteiger partial charge in [0.2, 0.25) is 0 Å². The van der Waals surface area contributed by atoms with Crippen molar-refractivity contribution in [3.05, 3.63) is 51.5 Å². The Labute approximate surface area is 130 Å². The molecule has 0 aliphatic rings. The van der Waals surface area contributed by atoms with Crippen molar-refractivity contribution in [2.75, 3.05) is 18.2 Å². The fourth-order valence-electron chi connectivity index (χ4n) is 1.64. The number of carbonyl (C=O) groups excluding carboxylic acids is 1. The van der Waals surface area contributed by atoms with Crippen LogP contribution in [0.1, 0.15) is 10.4 Å². The molecule has 2 aromatic carbocycles. The number of nitrogens with two attached hydrogens (primary N) is 1. The molecule has 0 atom stereocenters. The third-order valence-corrected chi connectivity index (χ3v) is 3.49. The second kappa shape index (κ2) is 6.15. The van der Waals surface area contributed by atoms with Gasteiger partial charge in [-0.25, -0.2) is 0 Å². The highest BCUT2D eigenvalue weighted by molar-refractivity contribution is 9.10. The van der Waals surface area contributed by atoms with Crippen molar-refractivity contribution in [2.45, 2.75) is 0 Å². The Morgan fingerprint density at radius 3 is 2.70 bits per heavy atom. The summed E-state index contributed by atoms with van der Waals surface area (Å²) in [5, 5.41) is 3.12. The molecule has 104 valence electrons. The lowest BCUT2D eigenvalue weighted by Crippen LogP contribution is -2.12. The summed E-state index contributed by atoms with van der Waals surface area (Å²) in [7, 11) is 1.54. The Bertz CT molecular complexity index is 662. The molecule has 0 spiro atoms. The molecule has 4 nitrogen and oxygen atoms in total. The predicted molar refractivity (Wildman–Crippen MR) is 84.5 cm³/mol. The molecule has 3 N–H and O–H groups in total. The molecule has 1 amide bonds. The minimum atomic E-state index is -0.289. The van der Waals surface area contributed by atoms with Crippen LogP contribution in [0.15, 0.2) is 40.9 Å². The number of rotatable bonds is 3. The Hall–Kier alpha value is -1.72. The number of nitrogen functional groups attached to an aromatic ring is 1. The van der Waals surface area contributed by atoms with Gasteiger partial charge in [-0.05, 0) is 36.4 Å². The molecule has 0 heterocycles.